The molecule has 198 valence electrons. The smallest absolute Gasteiger partial charge is 0.407 e. The molecule has 35 heavy (non-hydrogen) atoms. The number of carbonyl (C=O) groups is 2. The average Bonchev–Trinajstić information content (AvgIpc) is 2.80. The highest BCUT2D eigenvalue weighted by Gasteiger charge is 2.39. The fraction of sp³-hybridized carbons (Fsp3) is 0.741. The fourth-order valence-corrected chi connectivity index (χ4v) is 5.14. The molecule has 2 fully saturated rings. The predicted octanol–water partition coefficient (Wildman–Crippen LogP) is 5.18. The van der Waals surface area contributed by atoms with Crippen molar-refractivity contribution in [2.45, 2.75) is 91.6 Å². The van der Waals surface area contributed by atoms with Gasteiger partial charge < -0.3 is 20.1 Å². The van der Waals surface area contributed by atoms with E-state index in [1.807, 2.05) is 13.8 Å². The van der Waals surface area contributed by atoms with Gasteiger partial charge in [-0.05, 0) is 69.8 Å². The first-order valence-corrected chi connectivity index (χ1v) is 13.1. The van der Waals surface area contributed by atoms with E-state index < -0.39 is 11.6 Å². The molecule has 2 N–H and O–H groups in total. The van der Waals surface area contributed by atoms with Crippen LogP contribution < -0.4 is 10.6 Å². The maximum absolute atomic E-state index is 13.2. The molecule has 0 aromatic carbocycles. The van der Waals surface area contributed by atoms with Crippen LogP contribution >= 0.6 is 0 Å². The van der Waals surface area contributed by atoms with E-state index in [0.717, 1.165) is 12.3 Å². The van der Waals surface area contributed by atoms with Crippen LogP contribution in [0.15, 0.2) is 29.3 Å². The molecular weight excluding hydrogens is 444 g/mol. The predicted molar refractivity (Wildman–Crippen MR) is 139 cm³/mol. The number of methoxy groups -OCH3 is 1. The molecular formula is C27H46N4O4. The van der Waals surface area contributed by atoms with Crippen LogP contribution in [-0.4, -0.2) is 48.5 Å². The number of rotatable bonds is 11. The maximum atomic E-state index is 13.2. The number of amides is 2. The molecule has 2 aliphatic carbocycles. The monoisotopic (exact) mass is 490 g/mol. The van der Waals surface area contributed by atoms with Gasteiger partial charge in [-0.2, -0.15) is 5.10 Å². The summed E-state index contributed by atoms with van der Waals surface area (Å²) in [6, 6.07) is 0.202. The Morgan fingerprint density at radius 3 is 2.60 bits per heavy atom. The summed E-state index contributed by atoms with van der Waals surface area (Å²) in [6.07, 6.45) is 13.4. The zero-order valence-corrected chi connectivity index (χ0v) is 22.7. The van der Waals surface area contributed by atoms with Crippen molar-refractivity contribution in [2.24, 2.45) is 28.8 Å². The van der Waals surface area contributed by atoms with Gasteiger partial charge in [0.15, 0.2) is 0 Å². The van der Waals surface area contributed by atoms with Crippen molar-refractivity contribution in [2.75, 3.05) is 13.7 Å². The van der Waals surface area contributed by atoms with Crippen molar-refractivity contribution in [1.29, 1.82) is 0 Å². The first kappa shape index (κ1) is 28.7. The topological polar surface area (TPSA) is 92.3 Å². The second kappa shape index (κ2) is 13.5. The SMILES string of the molecule is C/C=N\N(/C=C/C(C)(C)NC(=O)OC)/C(=C/C(=O)N[C@@H]1C(CC)CC2CCCC1C2)OCC(C)C. The van der Waals surface area contributed by atoms with E-state index in [2.05, 4.69) is 36.5 Å². The van der Waals surface area contributed by atoms with Gasteiger partial charge in [-0.3, -0.25) is 4.79 Å². The number of hydrazone groups is 1. The Bertz CT molecular complexity index is 788. The summed E-state index contributed by atoms with van der Waals surface area (Å²) in [5.74, 6) is 2.34. The number of hydrogen-bond acceptors (Lipinski definition) is 6. The van der Waals surface area contributed by atoms with Crippen molar-refractivity contribution < 1.29 is 19.1 Å². The summed E-state index contributed by atoms with van der Waals surface area (Å²) >= 11 is 0. The van der Waals surface area contributed by atoms with Crippen molar-refractivity contribution in [3.63, 3.8) is 0 Å². The highest BCUT2D eigenvalue weighted by Crippen LogP contribution is 2.43. The van der Waals surface area contributed by atoms with Gasteiger partial charge in [-0.15, -0.1) is 0 Å². The lowest BCUT2D eigenvalue weighted by molar-refractivity contribution is -0.119. The quantitative estimate of drug-likeness (QED) is 0.180. The molecule has 2 bridgehead atoms. The molecule has 8 nitrogen and oxygen atoms in total. The molecule has 0 aromatic rings. The molecule has 2 aliphatic rings. The molecule has 2 amide bonds. The minimum atomic E-state index is -0.700. The zero-order valence-electron chi connectivity index (χ0n) is 22.7. The number of hydrogen-bond donors (Lipinski definition) is 2. The van der Waals surface area contributed by atoms with E-state index in [1.165, 1.54) is 50.3 Å². The van der Waals surface area contributed by atoms with Crippen LogP contribution in [0.3, 0.4) is 0 Å². The third-order valence-corrected chi connectivity index (χ3v) is 6.84. The Morgan fingerprint density at radius 2 is 1.97 bits per heavy atom. The van der Waals surface area contributed by atoms with Gasteiger partial charge in [0.2, 0.25) is 11.8 Å². The average molecular weight is 491 g/mol. The third kappa shape index (κ3) is 9.22. The van der Waals surface area contributed by atoms with Gasteiger partial charge in [0, 0.05) is 18.5 Å². The van der Waals surface area contributed by atoms with Gasteiger partial charge in [0.25, 0.3) is 0 Å². The number of nitrogens with zero attached hydrogens (tertiary/aromatic N) is 2. The van der Waals surface area contributed by atoms with Crippen LogP contribution in [0.4, 0.5) is 4.79 Å². The second-order valence-corrected chi connectivity index (χ2v) is 10.8. The van der Waals surface area contributed by atoms with E-state index in [-0.39, 0.29) is 17.9 Å². The molecule has 0 saturated heterocycles. The van der Waals surface area contributed by atoms with E-state index in [0.29, 0.717) is 24.3 Å². The number of ether oxygens (including phenoxy) is 2. The van der Waals surface area contributed by atoms with Crippen LogP contribution in [0.5, 0.6) is 0 Å². The molecule has 2 saturated carbocycles. The third-order valence-electron chi connectivity index (χ3n) is 6.84. The van der Waals surface area contributed by atoms with Crippen LogP contribution in [0.2, 0.25) is 0 Å². The lowest BCUT2D eigenvalue weighted by atomic mass is 9.64. The van der Waals surface area contributed by atoms with E-state index in [1.54, 1.807) is 25.4 Å². The molecule has 4 atom stereocenters. The van der Waals surface area contributed by atoms with Crippen molar-refractivity contribution in [3.05, 3.63) is 24.2 Å². The van der Waals surface area contributed by atoms with E-state index >= 15 is 0 Å². The molecule has 3 unspecified atom stereocenters. The Balaban J connectivity index is 2.24. The minimum absolute atomic E-state index is 0.159. The van der Waals surface area contributed by atoms with Crippen LogP contribution in [0, 0.1) is 23.7 Å². The summed E-state index contributed by atoms with van der Waals surface area (Å²) in [6.45, 7) is 12.2. The van der Waals surface area contributed by atoms with Crippen LogP contribution in [0.25, 0.3) is 0 Å². The Morgan fingerprint density at radius 1 is 1.23 bits per heavy atom. The van der Waals surface area contributed by atoms with Crippen molar-refractivity contribution in [3.8, 4) is 0 Å². The van der Waals surface area contributed by atoms with Crippen LogP contribution in [-0.2, 0) is 14.3 Å². The normalized spacial score (nSPS) is 25.1. The fourth-order valence-electron chi connectivity index (χ4n) is 5.14. The Hall–Kier alpha value is -2.51. The molecule has 0 spiro atoms. The molecule has 0 heterocycles. The summed E-state index contributed by atoms with van der Waals surface area (Å²) in [5, 5.41) is 12.0. The van der Waals surface area contributed by atoms with Gasteiger partial charge in [-0.1, -0.05) is 40.0 Å². The van der Waals surface area contributed by atoms with E-state index in [9.17, 15) is 9.59 Å². The molecule has 0 aromatic heterocycles. The molecule has 2 rings (SSSR count). The summed E-state index contributed by atoms with van der Waals surface area (Å²) in [5.41, 5.74) is -0.700. The largest absolute Gasteiger partial charge is 0.477 e. The van der Waals surface area contributed by atoms with Crippen molar-refractivity contribution in [1.82, 2.24) is 15.6 Å². The summed E-state index contributed by atoms with van der Waals surface area (Å²) < 4.78 is 10.7. The maximum Gasteiger partial charge on any atom is 0.407 e. The van der Waals surface area contributed by atoms with Gasteiger partial charge in [0.05, 0.1) is 25.3 Å². The van der Waals surface area contributed by atoms with Crippen molar-refractivity contribution >= 4 is 18.2 Å². The van der Waals surface area contributed by atoms with Crippen LogP contribution in [0.1, 0.15) is 80.1 Å². The molecule has 0 radical (unpaired) electrons. The second-order valence-electron chi connectivity index (χ2n) is 10.8. The van der Waals surface area contributed by atoms with E-state index in [4.69, 9.17) is 9.47 Å². The highest BCUT2D eigenvalue weighted by molar-refractivity contribution is 5.88. The van der Waals surface area contributed by atoms with Gasteiger partial charge >= 0.3 is 6.09 Å². The molecule has 8 heteroatoms. The Kier molecular flexibility index (Phi) is 11.1. The number of alkyl carbamates (subject to hydrolysis) is 1. The lowest BCUT2D eigenvalue weighted by Gasteiger charge is -2.45. The van der Waals surface area contributed by atoms with Gasteiger partial charge in [0.1, 0.15) is 0 Å². The highest BCUT2D eigenvalue weighted by atomic mass is 16.5. The minimum Gasteiger partial charge on any atom is -0.477 e. The standard InChI is InChI=1S/C27H46N4O4/c1-8-21-15-20-11-10-12-22(16-20)25(21)29-23(32)17-24(35-18-19(3)4)31(28-9-2)14-13-27(5,6)30-26(33)34-7/h9,13-14,17,19-22,25H,8,10-12,15-16,18H2,1-7H3,(H,29,32)(H,30,33)/b14-13+,24-17-,28-9-/t20?,21?,22?,25-/m1/s1. The first-order valence-electron chi connectivity index (χ1n) is 13.1. The zero-order chi connectivity index (χ0) is 26.0. The summed E-state index contributed by atoms with van der Waals surface area (Å²) in [4.78, 5) is 24.9. The number of carbonyl (C=O) groups excluding carboxylic acids is 2. The molecule has 0 aliphatic heterocycles. The number of fused-ring (bicyclic) bond motifs is 2. The first-order chi connectivity index (χ1) is 16.6. The van der Waals surface area contributed by atoms with Gasteiger partial charge in [-0.25, -0.2) is 9.80 Å². The summed E-state index contributed by atoms with van der Waals surface area (Å²) in [7, 11) is 1.32. The number of nitrogens with one attached hydrogen (secondary N) is 2. The lowest BCUT2D eigenvalue weighted by Crippen LogP contribution is -2.50. The Labute approximate surface area is 211 Å².